The van der Waals surface area contributed by atoms with Gasteiger partial charge in [-0.3, -0.25) is 4.98 Å². The van der Waals surface area contributed by atoms with Crippen molar-refractivity contribution in [2.75, 3.05) is 5.32 Å². The first-order valence-corrected chi connectivity index (χ1v) is 5.79. The molecule has 0 bridgehead atoms. The van der Waals surface area contributed by atoms with Crippen molar-refractivity contribution in [3.63, 3.8) is 0 Å². The number of pyridine rings is 1. The fraction of sp³-hybridized carbons (Fsp3) is 0. The summed E-state index contributed by atoms with van der Waals surface area (Å²) in [6.07, 6.45) is 1.59. The average Bonchev–Trinajstić information content (AvgIpc) is 2.38. The van der Waals surface area contributed by atoms with Crippen molar-refractivity contribution in [1.29, 1.82) is 0 Å². The molecular weight excluding hydrogens is 246 g/mol. The Hall–Kier alpha value is -2.49. The van der Waals surface area contributed by atoms with Crippen LogP contribution in [-0.2, 0) is 0 Å². The zero-order valence-corrected chi connectivity index (χ0v) is 9.90. The van der Waals surface area contributed by atoms with Crippen molar-refractivity contribution in [2.24, 2.45) is 0 Å². The highest BCUT2D eigenvalue weighted by Crippen LogP contribution is 2.25. The highest BCUT2D eigenvalue weighted by atomic mass is 19.1. The summed E-state index contributed by atoms with van der Waals surface area (Å²) in [7, 11) is 0. The number of benzene rings is 2. The molecule has 2 aromatic carbocycles. The number of nitrogens with one attached hydrogen (secondary N) is 1. The Morgan fingerprint density at radius 3 is 2.58 bits per heavy atom. The van der Waals surface area contributed by atoms with Gasteiger partial charge in [0, 0.05) is 29.0 Å². The second-order valence-electron chi connectivity index (χ2n) is 4.16. The van der Waals surface area contributed by atoms with E-state index < -0.39 is 0 Å². The molecule has 0 spiro atoms. The SMILES string of the molecule is Fc1cccc(Nc2ccnc3cc(F)ccc23)c1. The number of nitrogens with zero attached hydrogens (tertiary/aromatic N) is 1. The third-order valence-electron chi connectivity index (χ3n) is 2.81. The van der Waals surface area contributed by atoms with Gasteiger partial charge in [0.1, 0.15) is 11.6 Å². The smallest absolute Gasteiger partial charge is 0.125 e. The third-order valence-corrected chi connectivity index (χ3v) is 2.81. The van der Waals surface area contributed by atoms with E-state index in [0.717, 1.165) is 11.1 Å². The molecule has 0 saturated carbocycles. The summed E-state index contributed by atoms with van der Waals surface area (Å²) in [4.78, 5) is 4.11. The van der Waals surface area contributed by atoms with Gasteiger partial charge in [-0.15, -0.1) is 0 Å². The van der Waals surface area contributed by atoms with E-state index in [9.17, 15) is 8.78 Å². The summed E-state index contributed by atoms with van der Waals surface area (Å²) in [6.45, 7) is 0. The summed E-state index contributed by atoms with van der Waals surface area (Å²) in [6, 6.07) is 12.3. The van der Waals surface area contributed by atoms with Gasteiger partial charge in [0.2, 0.25) is 0 Å². The molecule has 1 aromatic heterocycles. The molecule has 0 fully saturated rings. The topological polar surface area (TPSA) is 24.9 Å². The van der Waals surface area contributed by atoms with Gasteiger partial charge in [0.25, 0.3) is 0 Å². The van der Waals surface area contributed by atoms with Crippen LogP contribution in [0.4, 0.5) is 20.2 Å². The zero-order valence-electron chi connectivity index (χ0n) is 9.90. The quantitative estimate of drug-likeness (QED) is 0.741. The predicted molar refractivity (Wildman–Crippen MR) is 71.4 cm³/mol. The number of rotatable bonds is 2. The molecule has 1 heterocycles. The average molecular weight is 256 g/mol. The van der Waals surface area contributed by atoms with Gasteiger partial charge in [-0.25, -0.2) is 8.78 Å². The van der Waals surface area contributed by atoms with Gasteiger partial charge in [0.15, 0.2) is 0 Å². The summed E-state index contributed by atoms with van der Waals surface area (Å²) in [5.41, 5.74) is 1.95. The molecule has 94 valence electrons. The summed E-state index contributed by atoms with van der Waals surface area (Å²) < 4.78 is 26.3. The predicted octanol–water partition coefficient (Wildman–Crippen LogP) is 4.26. The molecule has 0 aliphatic heterocycles. The minimum Gasteiger partial charge on any atom is -0.355 e. The minimum atomic E-state index is -0.331. The molecule has 3 rings (SSSR count). The fourth-order valence-corrected chi connectivity index (χ4v) is 1.95. The maximum Gasteiger partial charge on any atom is 0.125 e. The second kappa shape index (κ2) is 4.65. The zero-order chi connectivity index (χ0) is 13.2. The molecule has 2 nitrogen and oxygen atoms in total. The molecule has 0 saturated heterocycles. The van der Waals surface area contributed by atoms with E-state index in [1.165, 1.54) is 24.3 Å². The number of fused-ring (bicyclic) bond motifs is 1. The van der Waals surface area contributed by atoms with Crippen LogP contribution in [0.2, 0.25) is 0 Å². The molecule has 4 heteroatoms. The van der Waals surface area contributed by atoms with E-state index in [1.54, 1.807) is 30.5 Å². The first-order valence-electron chi connectivity index (χ1n) is 5.79. The summed E-state index contributed by atoms with van der Waals surface area (Å²) in [5, 5.41) is 3.89. The maximum absolute atomic E-state index is 13.1. The summed E-state index contributed by atoms with van der Waals surface area (Å²) in [5.74, 6) is -0.641. The lowest BCUT2D eigenvalue weighted by molar-refractivity contribution is 0.628. The number of anilines is 2. The Morgan fingerprint density at radius 1 is 0.895 bits per heavy atom. The van der Waals surface area contributed by atoms with E-state index in [0.29, 0.717) is 11.2 Å². The van der Waals surface area contributed by atoms with Crippen LogP contribution in [-0.4, -0.2) is 4.98 Å². The molecule has 0 atom stereocenters. The first kappa shape index (κ1) is 11.6. The largest absolute Gasteiger partial charge is 0.355 e. The molecule has 0 radical (unpaired) electrons. The molecule has 1 N–H and O–H groups in total. The molecule has 0 amide bonds. The van der Waals surface area contributed by atoms with Gasteiger partial charge in [-0.1, -0.05) is 6.07 Å². The standard InChI is InChI=1S/C15H10F2N2/c16-10-2-1-3-12(8-10)19-14-6-7-18-15-9-11(17)4-5-13(14)15/h1-9H,(H,18,19). The highest BCUT2D eigenvalue weighted by Gasteiger charge is 2.04. The Balaban J connectivity index is 2.06. The molecule has 0 aliphatic rings. The highest BCUT2D eigenvalue weighted by molar-refractivity contribution is 5.92. The number of hydrogen-bond acceptors (Lipinski definition) is 2. The Labute approximate surface area is 108 Å². The lowest BCUT2D eigenvalue weighted by Crippen LogP contribution is -1.93. The van der Waals surface area contributed by atoms with E-state index in [2.05, 4.69) is 10.3 Å². The van der Waals surface area contributed by atoms with Gasteiger partial charge in [-0.2, -0.15) is 0 Å². The molecule has 0 aliphatic carbocycles. The van der Waals surface area contributed by atoms with Crippen LogP contribution in [0, 0.1) is 11.6 Å². The molecular formula is C15H10F2N2. The van der Waals surface area contributed by atoms with Crippen LogP contribution in [0.3, 0.4) is 0 Å². The van der Waals surface area contributed by atoms with Crippen molar-refractivity contribution >= 4 is 22.3 Å². The van der Waals surface area contributed by atoms with Crippen LogP contribution in [0.15, 0.2) is 54.7 Å². The second-order valence-corrected chi connectivity index (χ2v) is 4.16. The Kier molecular flexibility index (Phi) is 2.83. The van der Waals surface area contributed by atoms with Gasteiger partial charge in [-0.05, 0) is 36.4 Å². The van der Waals surface area contributed by atoms with E-state index in [-0.39, 0.29) is 11.6 Å². The van der Waals surface area contributed by atoms with Crippen molar-refractivity contribution in [3.05, 3.63) is 66.4 Å². The number of halogens is 2. The van der Waals surface area contributed by atoms with Crippen molar-refractivity contribution in [3.8, 4) is 0 Å². The summed E-state index contributed by atoms with van der Waals surface area (Å²) >= 11 is 0. The van der Waals surface area contributed by atoms with E-state index in [1.807, 2.05) is 0 Å². The van der Waals surface area contributed by atoms with Crippen LogP contribution >= 0.6 is 0 Å². The lowest BCUT2D eigenvalue weighted by atomic mass is 10.1. The van der Waals surface area contributed by atoms with Crippen LogP contribution in [0.25, 0.3) is 10.9 Å². The molecule has 3 aromatic rings. The third kappa shape index (κ3) is 2.38. The monoisotopic (exact) mass is 256 g/mol. The van der Waals surface area contributed by atoms with Crippen molar-refractivity contribution in [2.45, 2.75) is 0 Å². The van der Waals surface area contributed by atoms with Crippen LogP contribution in [0.5, 0.6) is 0 Å². The van der Waals surface area contributed by atoms with Gasteiger partial charge >= 0.3 is 0 Å². The normalized spacial score (nSPS) is 10.6. The van der Waals surface area contributed by atoms with Crippen LogP contribution in [0.1, 0.15) is 0 Å². The first-order chi connectivity index (χ1) is 9.22. The van der Waals surface area contributed by atoms with E-state index >= 15 is 0 Å². The van der Waals surface area contributed by atoms with Crippen molar-refractivity contribution < 1.29 is 8.78 Å². The maximum atomic E-state index is 13.1. The van der Waals surface area contributed by atoms with Gasteiger partial charge in [0.05, 0.1) is 5.52 Å². The van der Waals surface area contributed by atoms with Gasteiger partial charge < -0.3 is 5.32 Å². The Morgan fingerprint density at radius 2 is 1.74 bits per heavy atom. The number of hydrogen-bond donors (Lipinski definition) is 1. The number of aromatic nitrogens is 1. The minimum absolute atomic E-state index is 0.311. The van der Waals surface area contributed by atoms with E-state index in [4.69, 9.17) is 0 Å². The Bertz CT molecular complexity index is 741. The molecule has 0 unspecified atom stereocenters. The fourth-order valence-electron chi connectivity index (χ4n) is 1.95. The van der Waals surface area contributed by atoms with Crippen molar-refractivity contribution in [1.82, 2.24) is 4.98 Å². The lowest BCUT2D eigenvalue weighted by Gasteiger charge is -2.09. The molecule has 19 heavy (non-hydrogen) atoms. The van der Waals surface area contributed by atoms with Crippen LogP contribution < -0.4 is 5.32 Å².